The van der Waals surface area contributed by atoms with E-state index in [0.717, 1.165) is 6.07 Å². The Hall–Kier alpha value is -2.44. The number of carbonyl (C=O) groups excluding carboxylic acids is 2. The molecule has 1 aliphatic rings. The van der Waals surface area contributed by atoms with Crippen molar-refractivity contribution in [2.45, 2.75) is 45.3 Å². The lowest BCUT2D eigenvalue weighted by Crippen LogP contribution is -2.48. The molecule has 0 radical (unpaired) electrons. The van der Waals surface area contributed by atoms with Gasteiger partial charge in [-0.15, -0.1) is 0 Å². The van der Waals surface area contributed by atoms with E-state index < -0.39 is 34.8 Å². The maximum atomic E-state index is 14.4. The third-order valence-electron chi connectivity index (χ3n) is 4.54. The number of piperidine rings is 1. The van der Waals surface area contributed by atoms with Crippen LogP contribution < -0.4 is 0 Å². The molecule has 5 nitrogen and oxygen atoms in total. The Labute approximate surface area is 158 Å². The van der Waals surface area contributed by atoms with Crippen molar-refractivity contribution >= 4 is 18.1 Å². The number of benzene rings is 1. The molecule has 0 saturated carbocycles. The average Bonchev–Trinajstić information content (AvgIpc) is 2.60. The molecule has 148 valence electrons. The number of halogens is 2. The summed E-state index contributed by atoms with van der Waals surface area (Å²) in [6.45, 7) is 9.44. The Morgan fingerprint density at radius 3 is 2.37 bits per heavy atom. The highest BCUT2D eigenvalue weighted by Gasteiger charge is 2.32. The summed E-state index contributed by atoms with van der Waals surface area (Å²) in [7, 11) is 1.66. The Bertz CT molecular complexity index is 735. The monoisotopic (exact) mass is 380 g/mol. The topological polar surface area (TPSA) is 49.9 Å². The van der Waals surface area contributed by atoms with E-state index >= 15 is 0 Å². The largest absolute Gasteiger partial charge is 0.444 e. The zero-order chi connectivity index (χ0) is 20.4. The highest BCUT2D eigenvalue weighted by molar-refractivity contribution is 5.95. The molecule has 0 spiro atoms. The summed E-state index contributed by atoms with van der Waals surface area (Å²) >= 11 is 0. The predicted molar refractivity (Wildman–Crippen MR) is 99.4 cm³/mol. The lowest BCUT2D eigenvalue weighted by molar-refractivity contribution is 0.0155. The van der Waals surface area contributed by atoms with Gasteiger partial charge in [0.25, 0.3) is 5.91 Å². The van der Waals surface area contributed by atoms with Gasteiger partial charge >= 0.3 is 6.09 Å². The van der Waals surface area contributed by atoms with Crippen LogP contribution in [0, 0.1) is 11.6 Å². The van der Waals surface area contributed by atoms with Crippen molar-refractivity contribution in [3.63, 3.8) is 0 Å². The van der Waals surface area contributed by atoms with Gasteiger partial charge in [0.15, 0.2) is 0 Å². The summed E-state index contributed by atoms with van der Waals surface area (Å²) in [5.41, 5.74) is -1.07. The Morgan fingerprint density at radius 1 is 1.26 bits per heavy atom. The van der Waals surface area contributed by atoms with Crippen LogP contribution in [0.15, 0.2) is 18.7 Å². The van der Waals surface area contributed by atoms with Crippen LogP contribution in [0.4, 0.5) is 13.6 Å². The van der Waals surface area contributed by atoms with Gasteiger partial charge in [0.05, 0.1) is 0 Å². The van der Waals surface area contributed by atoms with Crippen LogP contribution in [0.2, 0.25) is 0 Å². The van der Waals surface area contributed by atoms with Gasteiger partial charge in [-0.1, -0.05) is 12.7 Å². The van der Waals surface area contributed by atoms with Gasteiger partial charge in [0, 0.05) is 31.7 Å². The second kappa shape index (κ2) is 8.06. The zero-order valence-corrected chi connectivity index (χ0v) is 16.2. The maximum absolute atomic E-state index is 14.4. The molecule has 0 aromatic heterocycles. The van der Waals surface area contributed by atoms with Crippen molar-refractivity contribution in [1.29, 1.82) is 0 Å². The van der Waals surface area contributed by atoms with Crippen LogP contribution in [-0.2, 0) is 4.74 Å². The molecule has 0 N–H and O–H groups in total. The number of carbonyl (C=O) groups is 2. The molecule has 1 heterocycles. The summed E-state index contributed by atoms with van der Waals surface area (Å²) < 4.78 is 33.8. The van der Waals surface area contributed by atoms with E-state index in [0.29, 0.717) is 25.9 Å². The SMILES string of the molecule is C=Cc1ccc(F)c(C(=O)N2CCC(N(C)C(=O)OC(C)(C)C)CC2)c1F. The number of rotatable bonds is 3. The number of likely N-dealkylation sites (tertiary alicyclic amines) is 1. The molecule has 0 aliphatic carbocycles. The first-order chi connectivity index (χ1) is 12.5. The minimum absolute atomic E-state index is 0.0827. The number of hydrogen-bond acceptors (Lipinski definition) is 3. The molecular weight excluding hydrogens is 354 g/mol. The molecule has 1 fully saturated rings. The standard InChI is InChI=1S/C20H26F2N2O3/c1-6-13-7-8-15(21)16(17(13)22)18(25)24-11-9-14(10-12-24)23(5)19(26)27-20(2,3)4/h6-8,14H,1,9-12H2,2-5H3. The first-order valence-electron chi connectivity index (χ1n) is 8.90. The van der Waals surface area contributed by atoms with Crippen molar-refractivity contribution in [2.24, 2.45) is 0 Å². The van der Waals surface area contributed by atoms with Crippen molar-refractivity contribution in [3.05, 3.63) is 41.5 Å². The Balaban J connectivity index is 2.05. The fourth-order valence-electron chi connectivity index (χ4n) is 3.02. The smallest absolute Gasteiger partial charge is 0.410 e. The fraction of sp³-hybridized carbons (Fsp3) is 0.500. The summed E-state index contributed by atoms with van der Waals surface area (Å²) in [5.74, 6) is -2.48. The van der Waals surface area contributed by atoms with E-state index in [9.17, 15) is 18.4 Å². The summed E-state index contributed by atoms with van der Waals surface area (Å²) in [6, 6.07) is 2.21. The van der Waals surface area contributed by atoms with Crippen LogP contribution in [0.1, 0.15) is 49.5 Å². The van der Waals surface area contributed by atoms with Crippen molar-refractivity contribution in [1.82, 2.24) is 9.80 Å². The summed E-state index contributed by atoms with van der Waals surface area (Å²) in [6.07, 6.45) is 1.83. The van der Waals surface area contributed by atoms with Crippen molar-refractivity contribution in [3.8, 4) is 0 Å². The molecule has 7 heteroatoms. The van der Waals surface area contributed by atoms with E-state index in [2.05, 4.69) is 6.58 Å². The maximum Gasteiger partial charge on any atom is 0.410 e. The second-order valence-electron chi connectivity index (χ2n) is 7.64. The lowest BCUT2D eigenvalue weighted by atomic mass is 10.0. The number of hydrogen-bond donors (Lipinski definition) is 0. The molecule has 0 bridgehead atoms. The van der Waals surface area contributed by atoms with Crippen LogP contribution in [-0.4, -0.2) is 53.6 Å². The minimum Gasteiger partial charge on any atom is -0.444 e. The van der Waals surface area contributed by atoms with E-state index in [1.807, 2.05) is 0 Å². The molecule has 2 rings (SSSR count). The third kappa shape index (κ3) is 4.84. The van der Waals surface area contributed by atoms with Gasteiger partial charge in [-0.3, -0.25) is 4.79 Å². The van der Waals surface area contributed by atoms with Crippen LogP contribution in [0.25, 0.3) is 6.08 Å². The lowest BCUT2D eigenvalue weighted by Gasteiger charge is -2.37. The highest BCUT2D eigenvalue weighted by Crippen LogP contribution is 2.23. The second-order valence-corrected chi connectivity index (χ2v) is 7.64. The molecule has 27 heavy (non-hydrogen) atoms. The van der Waals surface area contributed by atoms with Gasteiger partial charge in [-0.25, -0.2) is 13.6 Å². The normalized spacial score (nSPS) is 15.4. The molecule has 1 aliphatic heterocycles. The minimum atomic E-state index is -0.900. The van der Waals surface area contributed by atoms with Gasteiger partial charge < -0.3 is 14.5 Å². The van der Waals surface area contributed by atoms with Crippen molar-refractivity contribution in [2.75, 3.05) is 20.1 Å². The molecule has 0 unspecified atom stereocenters. The van der Waals surface area contributed by atoms with E-state index in [-0.39, 0.29) is 11.6 Å². The zero-order valence-electron chi connectivity index (χ0n) is 16.2. The van der Waals surface area contributed by atoms with Crippen LogP contribution >= 0.6 is 0 Å². The molecule has 2 amide bonds. The van der Waals surface area contributed by atoms with Crippen LogP contribution in [0.5, 0.6) is 0 Å². The Morgan fingerprint density at radius 2 is 1.85 bits per heavy atom. The fourth-order valence-corrected chi connectivity index (χ4v) is 3.02. The van der Waals surface area contributed by atoms with Gasteiger partial charge in [-0.05, 0) is 45.7 Å². The average molecular weight is 380 g/mol. The first kappa shape index (κ1) is 20.9. The first-order valence-corrected chi connectivity index (χ1v) is 8.90. The number of amides is 2. The van der Waals surface area contributed by atoms with Gasteiger partial charge in [0.1, 0.15) is 22.8 Å². The van der Waals surface area contributed by atoms with E-state index in [1.165, 1.54) is 21.9 Å². The number of nitrogens with zero attached hydrogens (tertiary/aromatic N) is 2. The third-order valence-corrected chi connectivity index (χ3v) is 4.54. The predicted octanol–water partition coefficient (Wildman–Crippen LogP) is 4.08. The molecular formula is C20H26F2N2O3. The molecule has 1 aromatic carbocycles. The van der Waals surface area contributed by atoms with Crippen molar-refractivity contribution < 1.29 is 23.1 Å². The van der Waals surface area contributed by atoms with Gasteiger partial charge in [0.2, 0.25) is 0 Å². The molecule has 1 aromatic rings. The summed E-state index contributed by atoms with van der Waals surface area (Å²) in [4.78, 5) is 27.7. The van der Waals surface area contributed by atoms with Gasteiger partial charge in [-0.2, -0.15) is 0 Å². The molecule has 0 atom stereocenters. The highest BCUT2D eigenvalue weighted by atomic mass is 19.1. The molecule has 1 saturated heterocycles. The van der Waals surface area contributed by atoms with E-state index in [4.69, 9.17) is 4.74 Å². The quantitative estimate of drug-likeness (QED) is 0.794. The van der Waals surface area contributed by atoms with Crippen LogP contribution in [0.3, 0.4) is 0 Å². The number of ether oxygens (including phenoxy) is 1. The Kier molecular flexibility index (Phi) is 6.23. The summed E-state index contributed by atoms with van der Waals surface area (Å²) in [5, 5.41) is 0. The van der Waals surface area contributed by atoms with E-state index in [1.54, 1.807) is 27.8 Å².